The quantitative estimate of drug-likeness (QED) is 0.473. The van der Waals surface area contributed by atoms with Crippen LogP contribution in [0.2, 0.25) is 0 Å². The molecule has 3 rings (SSSR count). The van der Waals surface area contributed by atoms with Crippen LogP contribution >= 0.6 is 0 Å². The van der Waals surface area contributed by atoms with Gasteiger partial charge in [-0.25, -0.2) is 0 Å². The van der Waals surface area contributed by atoms with Crippen molar-refractivity contribution < 1.29 is 9.47 Å². The van der Waals surface area contributed by atoms with Gasteiger partial charge >= 0.3 is 0 Å². The minimum absolute atomic E-state index is 0.572. The van der Waals surface area contributed by atoms with Crippen LogP contribution in [-0.4, -0.2) is 25.4 Å². The summed E-state index contributed by atoms with van der Waals surface area (Å²) >= 11 is 0. The van der Waals surface area contributed by atoms with Crippen molar-refractivity contribution in [3.8, 4) is 0 Å². The molecule has 0 spiro atoms. The SMILES string of the molecule is CCCC1CCC(CCC2CCC(C3CCC(OCC)CC3)CC2)CO1. The lowest BCUT2D eigenvalue weighted by Gasteiger charge is -2.38. The van der Waals surface area contributed by atoms with Crippen molar-refractivity contribution in [2.45, 2.75) is 116 Å². The summed E-state index contributed by atoms with van der Waals surface area (Å²) in [6.45, 7) is 6.35. The van der Waals surface area contributed by atoms with Crippen LogP contribution in [0.5, 0.6) is 0 Å². The molecule has 2 nitrogen and oxygen atoms in total. The zero-order valence-corrected chi connectivity index (χ0v) is 17.6. The second-order valence-corrected chi connectivity index (χ2v) is 9.54. The summed E-state index contributed by atoms with van der Waals surface area (Å²) in [7, 11) is 0. The monoisotopic (exact) mass is 364 g/mol. The normalized spacial score (nSPS) is 39.0. The summed E-state index contributed by atoms with van der Waals surface area (Å²) in [6.07, 6.45) is 20.8. The van der Waals surface area contributed by atoms with Gasteiger partial charge in [0, 0.05) is 13.2 Å². The van der Waals surface area contributed by atoms with Gasteiger partial charge in [0.2, 0.25) is 0 Å². The fourth-order valence-corrected chi connectivity index (χ4v) is 6.02. The smallest absolute Gasteiger partial charge is 0.0575 e. The van der Waals surface area contributed by atoms with Crippen LogP contribution in [0.4, 0.5) is 0 Å². The Kier molecular flexibility index (Phi) is 8.78. The average Bonchev–Trinajstić information content (AvgIpc) is 2.69. The van der Waals surface area contributed by atoms with Gasteiger partial charge in [-0.2, -0.15) is 0 Å². The molecule has 2 atom stereocenters. The van der Waals surface area contributed by atoms with E-state index >= 15 is 0 Å². The molecule has 0 aromatic carbocycles. The molecule has 0 amide bonds. The topological polar surface area (TPSA) is 18.5 Å². The molecule has 0 aromatic heterocycles. The zero-order valence-electron chi connectivity index (χ0n) is 17.6. The summed E-state index contributed by atoms with van der Waals surface area (Å²) in [5, 5.41) is 0. The van der Waals surface area contributed by atoms with Gasteiger partial charge < -0.3 is 9.47 Å². The number of hydrogen-bond donors (Lipinski definition) is 0. The summed E-state index contributed by atoms with van der Waals surface area (Å²) in [5.41, 5.74) is 0. The summed E-state index contributed by atoms with van der Waals surface area (Å²) in [6, 6.07) is 0. The molecule has 26 heavy (non-hydrogen) atoms. The molecular formula is C24H44O2. The number of ether oxygens (including phenoxy) is 2. The Hall–Kier alpha value is -0.0800. The fourth-order valence-electron chi connectivity index (χ4n) is 6.02. The first-order valence-electron chi connectivity index (χ1n) is 12.0. The van der Waals surface area contributed by atoms with E-state index in [1.54, 1.807) is 0 Å². The van der Waals surface area contributed by atoms with Gasteiger partial charge in [0.15, 0.2) is 0 Å². The van der Waals surface area contributed by atoms with Crippen LogP contribution < -0.4 is 0 Å². The molecule has 0 radical (unpaired) electrons. The molecule has 152 valence electrons. The molecular weight excluding hydrogens is 320 g/mol. The Morgan fingerprint density at radius 1 is 0.692 bits per heavy atom. The van der Waals surface area contributed by atoms with Crippen molar-refractivity contribution in [2.24, 2.45) is 23.7 Å². The van der Waals surface area contributed by atoms with Gasteiger partial charge in [-0.05, 0) is 94.8 Å². The molecule has 0 bridgehead atoms. The van der Waals surface area contributed by atoms with E-state index in [4.69, 9.17) is 9.47 Å². The average molecular weight is 365 g/mol. The van der Waals surface area contributed by atoms with Gasteiger partial charge in [0.1, 0.15) is 0 Å². The highest BCUT2D eigenvalue weighted by Gasteiger charge is 2.31. The predicted molar refractivity (Wildman–Crippen MR) is 109 cm³/mol. The largest absolute Gasteiger partial charge is 0.379 e. The maximum atomic E-state index is 6.08. The van der Waals surface area contributed by atoms with E-state index in [1.807, 2.05) is 0 Å². The Balaban J connectivity index is 1.27. The molecule has 0 aromatic rings. The summed E-state index contributed by atoms with van der Waals surface area (Å²) < 4.78 is 11.9. The van der Waals surface area contributed by atoms with E-state index in [0.717, 1.165) is 36.9 Å². The first-order chi connectivity index (χ1) is 12.8. The maximum absolute atomic E-state index is 6.08. The van der Waals surface area contributed by atoms with Crippen LogP contribution in [0, 0.1) is 23.7 Å². The molecule has 2 saturated carbocycles. The Morgan fingerprint density at radius 2 is 1.31 bits per heavy atom. The summed E-state index contributed by atoms with van der Waals surface area (Å²) in [4.78, 5) is 0. The Bertz CT molecular complexity index is 358. The molecule has 1 heterocycles. The molecule has 3 fully saturated rings. The van der Waals surface area contributed by atoms with Crippen molar-refractivity contribution in [1.82, 2.24) is 0 Å². The van der Waals surface area contributed by atoms with Gasteiger partial charge in [0.25, 0.3) is 0 Å². The van der Waals surface area contributed by atoms with Crippen molar-refractivity contribution in [1.29, 1.82) is 0 Å². The minimum Gasteiger partial charge on any atom is -0.379 e. The molecule has 1 saturated heterocycles. The third-order valence-corrected chi connectivity index (χ3v) is 7.74. The minimum atomic E-state index is 0.572. The van der Waals surface area contributed by atoms with Crippen molar-refractivity contribution in [3.05, 3.63) is 0 Å². The van der Waals surface area contributed by atoms with Crippen LogP contribution in [0.1, 0.15) is 104 Å². The lowest BCUT2D eigenvalue weighted by atomic mass is 9.69. The van der Waals surface area contributed by atoms with Gasteiger partial charge in [-0.1, -0.05) is 32.6 Å². The van der Waals surface area contributed by atoms with E-state index in [9.17, 15) is 0 Å². The molecule has 3 aliphatic rings. The van der Waals surface area contributed by atoms with E-state index < -0.39 is 0 Å². The third-order valence-electron chi connectivity index (χ3n) is 7.74. The van der Waals surface area contributed by atoms with Crippen molar-refractivity contribution in [3.63, 3.8) is 0 Å². The van der Waals surface area contributed by atoms with Crippen LogP contribution in [0.3, 0.4) is 0 Å². The third kappa shape index (κ3) is 6.23. The molecule has 2 heteroatoms. The van der Waals surface area contributed by atoms with Gasteiger partial charge in [0.05, 0.1) is 12.2 Å². The lowest BCUT2D eigenvalue weighted by molar-refractivity contribution is -0.0239. The van der Waals surface area contributed by atoms with Crippen LogP contribution in [0.15, 0.2) is 0 Å². The van der Waals surface area contributed by atoms with Crippen molar-refractivity contribution >= 4 is 0 Å². The first-order valence-corrected chi connectivity index (χ1v) is 12.0. The van der Waals surface area contributed by atoms with E-state index in [-0.39, 0.29) is 0 Å². The van der Waals surface area contributed by atoms with E-state index in [2.05, 4.69) is 13.8 Å². The van der Waals surface area contributed by atoms with Crippen LogP contribution in [-0.2, 0) is 9.47 Å². The Labute approximate surface area is 162 Å². The highest BCUT2D eigenvalue weighted by atomic mass is 16.5. The number of hydrogen-bond acceptors (Lipinski definition) is 2. The molecule has 1 aliphatic heterocycles. The highest BCUT2D eigenvalue weighted by Crippen LogP contribution is 2.42. The van der Waals surface area contributed by atoms with Crippen molar-refractivity contribution in [2.75, 3.05) is 13.2 Å². The first kappa shape index (κ1) is 20.6. The maximum Gasteiger partial charge on any atom is 0.0575 e. The summed E-state index contributed by atoms with van der Waals surface area (Å²) in [5.74, 6) is 3.91. The molecule has 2 unspecified atom stereocenters. The zero-order chi connectivity index (χ0) is 18.2. The standard InChI is InChI=1S/C24H44O2/c1-3-5-23-15-10-20(18-26-23)7-6-19-8-11-21(12-9-19)22-13-16-24(17-14-22)25-4-2/h19-24H,3-18H2,1-2H3. The molecule has 0 N–H and O–H groups in total. The fraction of sp³-hybridized carbons (Fsp3) is 1.00. The second kappa shape index (κ2) is 11.1. The molecule has 2 aliphatic carbocycles. The van der Waals surface area contributed by atoms with Crippen LogP contribution in [0.25, 0.3) is 0 Å². The van der Waals surface area contributed by atoms with Gasteiger partial charge in [-0.3, -0.25) is 0 Å². The highest BCUT2D eigenvalue weighted by molar-refractivity contribution is 4.83. The van der Waals surface area contributed by atoms with E-state index in [0.29, 0.717) is 12.2 Å². The second-order valence-electron chi connectivity index (χ2n) is 9.54. The van der Waals surface area contributed by atoms with E-state index in [1.165, 1.54) is 89.9 Å². The predicted octanol–water partition coefficient (Wildman–Crippen LogP) is 6.76. The Morgan fingerprint density at radius 3 is 1.88 bits per heavy atom. The number of rotatable bonds is 8. The lowest BCUT2D eigenvalue weighted by Crippen LogP contribution is -2.29. The van der Waals surface area contributed by atoms with Gasteiger partial charge in [-0.15, -0.1) is 0 Å².